The van der Waals surface area contributed by atoms with Gasteiger partial charge in [-0.3, -0.25) is 14.7 Å². The third-order valence-electron chi connectivity index (χ3n) is 5.42. The summed E-state index contributed by atoms with van der Waals surface area (Å²) in [6, 6.07) is 12.7. The molecule has 0 radical (unpaired) electrons. The van der Waals surface area contributed by atoms with E-state index in [1.807, 2.05) is 6.07 Å². The van der Waals surface area contributed by atoms with Crippen LogP contribution in [0.1, 0.15) is 50.6 Å². The summed E-state index contributed by atoms with van der Waals surface area (Å²) < 4.78 is 40.7. The van der Waals surface area contributed by atoms with Crippen LogP contribution in [0.25, 0.3) is 5.69 Å². The van der Waals surface area contributed by atoms with Crippen LogP contribution >= 0.6 is 0 Å². The van der Waals surface area contributed by atoms with Crippen molar-refractivity contribution < 1.29 is 22.8 Å². The number of benzene rings is 2. The molecular formula is C24H21F3N6O2. The maximum absolute atomic E-state index is 13.2. The second-order valence-corrected chi connectivity index (χ2v) is 7.93. The van der Waals surface area contributed by atoms with Crippen molar-refractivity contribution in [3.8, 4) is 5.69 Å². The first kappa shape index (κ1) is 23.9. The van der Waals surface area contributed by atoms with E-state index in [2.05, 4.69) is 25.6 Å². The molecule has 2 aromatic heterocycles. The molecule has 0 aliphatic rings. The number of amides is 1. The van der Waals surface area contributed by atoms with Gasteiger partial charge in [-0.15, -0.1) is 0 Å². The van der Waals surface area contributed by atoms with Crippen molar-refractivity contribution in [2.24, 2.45) is 0 Å². The molecule has 2 heterocycles. The first-order chi connectivity index (χ1) is 16.6. The molecule has 1 unspecified atom stereocenters. The number of aryl methyl sites for hydroxylation is 2. The van der Waals surface area contributed by atoms with Crippen molar-refractivity contribution >= 4 is 11.7 Å². The number of hydrogen-bond donors (Lipinski definition) is 2. The molecule has 0 saturated heterocycles. The number of ketones is 1. The van der Waals surface area contributed by atoms with Crippen LogP contribution in [-0.4, -0.2) is 36.7 Å². The van der Waals surface area contributed by atoms with E-state index in [0.29, 0.717) is 11.4 Å². The minimum Gasteiger partial charge on any atom is -0.335 e. The number of rotatable bonds is 6. The molecule has 0 fully saturated rings. The standard InChI is InChI=1S/C24H21F3N6O2/c1-13-19(14(2)33(32-13)18-11-7-10-17(12-18)24(25,26)27)21(34)23(35)29-20(16-8-5-4-6-9-16)22-28-15(3)30-31-22/h4-12,20H,1-3H3,(H,29,35)(H,28,30,31). The van der Waals surface area contributed by atoms with Gasteiger partial charge in [0.2, 0.25) is 0 Å². The van der Waals surface area contributed by atoms with Crippen molar-refractivity contribution in [3.63, 3.8) is 0 Å². The van der Waals surface area contributed by atoms with Crippen LogP contribution in [0.2, 0.25) is 0 Å². The van der Waals surface area contributed by atoms with E-state index in [4.69, 9.17) is 0 Å². The molecule has 0 saturated carbocycles. The average molecular weight is 482 g/mol. The molecule has 2 N–H and O–H groups in total. The summed E-state index contributed by atoms with van der Waals surface area (Å²) in [7, 11) is 0. The molecule has 180 valence electrons. The lowest BCUT2D eigenvalue weighted by molar-refractivity contribution is -0.137. The second-order valence-electron chi connectivity index (χ2n) is 7.93. The fourth-order valence-electron chi connectivity index (χ4n) is 3.78. The van der Waals surface area contributed by atoms with Crippen molar-refractivity contribution in [1.29, 1.82) is 0 Å². The Morgan fingerprint density at radius 1 is 1.03 bits per heavy atom. The number of aromatic nitrogens is 5. The van der Waals surface area contributed by atoms with Crippen molar-refractivity contribution in [3.05, 3.63) is 94.3 Å². The average Bonchev–Trinajstić information content (AvgIpc) is 3.39. The maximum atomic E-state index is 13.2. The summed E-state index contributed by atoms with van der Waals surface area (Å²) in [4.78, 5) is 30.5. The molecule has 35 heavy (non-hydrogen) atoms. The highest BCUT2D eigenvalue weighted by Crippen LogP contribution is 2.31. The Hall–Kier alpha value is -4.28. The number of nitrogens with one attached hydrogen (secondary N) is 2. The zero-order valence-corrected chi connectivity index (χ0v) is 19.0. The van der Waals surface area contributed by atoms with E-state index in [9.17, 15) is 22.8 Å². The monoisotopic (exact) mass is 482 g/mol. The zero-order chi connectivity index (χ0) is 25.3. The van der Waals surface area contributed by atoms with Crippen LogP contribution in [0.3, 0.4) is 0 Å². The fraction of sp³-hybridized carbons (Fsp3) is 0.208. The third kappa shape index (κ3) is 4.84. The van der Waals surface area contributed by atoms with Gasteiger partial charge in [0.1, 0.15) is 11.9 Å². The van der Waals surface area contributed by atoms with Crippen LogP contribution in [0.5, 0.6) is 0 Å². The van der Waals surface area contributed by atoms with Crippen LogP contribution in [0.15, 0.2) is 54.6 Å². The highest BCUT2D eigenvalue weighted by molar-refractivity contribution is 6.43. The number of carbonyl (C=O) groups is 2. The topological polar surface area (TPSA) is 106 Å². The normalized spacial score (nSPS) is 12.4. The summed E-state index contributed by atoms with van der Waals surface area (Å²) in [5.41, 5.74) is 0.412. The van der Waals surface area contributed by atoms with E-state index in [0.717, 1.165) is 12.1 Å². The minimum absolute atomic E-state index is 0.0119. The number of carbonyl (C=O) groups excluding carboxylic acids is 2. The summed E-state index contributed by atoms with van der Waals surface area (Å²) in [6.45, 7) is 4.75. The predicted molar refractivity (Wildman–Crippen MR) is 120 cm³/mol. The highest BCUT2D eigenvalue weighted by atomic mass is 19.4. The van der Waals surface area contributed by atoms with E-state index >= 15 is 0 Å². The lowest BCUT2D eigenvalue weighted by atomic mass is 10.0. The zero-order valence-electron chi connectivity index (χ0n) is 19.0. The van der Waals surface area contributed by atoms with Crippen molar-refractivity contribution in [2.45, 2.75) is 33.0 Å². The van der Waals surface area contributed by atoms with E-state index < -0.39 is 29.5 Å². The number of aromatic amines is 1. The molecule has 0 spiro atoms. The number of halogens is 3. The SMILES string of the molecule is Cc1nc(C(NC(=O)C(=O)c2c(C)nn(-c3cccc(C(F)(F)F)c3)c2C)c2ccccc2)n[nH]1. The van der Waals surface area contributed by atoms with Gasteiger partial charge in [0, 0.05) is 0 Å². The first-order valence-corrected chi connectivity index (χ1v) is 10.6. The van der Waals surface area contributed by atoms with Crippen LogP contribution in [0, 0.1) is 20.8 Å². The maximum Gasteiger partial charge on any atom is 0.416 e. The minimum atomic E-state index is -4.53. The number of nitrogens with zero attached hydrogens (tertiary/aromatic N) is 4. The van der Waals surface area contributed by atoms with Gasteiger partial charge in [0.25, 0.3) is 11.7 Å². The van der Waals surface area contributed by atoms with Gasteiger partial charge in [-0.25, -0.2) is 9.67 Å². The van der Waals surface area contributed by atoms with Gasteiger partial charge in [0.15, 0.2) is 5.82 Å². The van der Waals surface area contributed by atoms with Gasteiger partial charge in [0.05, 0.1) is 28.2 Å². The van der Waals surface area contributed by atoms with Gasteiger partial charge in [-0.2, -0.15) is 23.4 Å². The number of alkyl halides is 3. The van der Waals surface area contributed by atoms with E-state index in [-0.39, 0.29) is 28.5 Å². The van der Waals surface area contributed by atoms with Gasteiger partial charge >= 0.3 is 6.18 Å². The fourth-order valence-corrected chi connectivity index (χ4v) is 3.78. The van der Waals surface area contributed by atoms with Gasteiger partial charge in [-0.1, -0.05) is 36.4 Å². The number of H-pyrrole nitrogens is 1. The Morgan fingerprint density at radius 3 is 2.37 bits per heavy atom. The summed E-state index contributed by atoms with van der Waals surface area (Å²) in [5.74, 6) is -0.971. The summed E-state index contributed by atoms with van der Waals surface area (Å²) >= 11 is 0. The molecule has 2 aromatic carbocycles. The molecular weight excluding hydrogens is 461 g/mol. The first-order valence-electron chi connectivity index (χ1n) is 10.6. The smallest absolute Gasteiger partial charge is 0.335 e. The second kappa shape index (κ2) is 9.16. The Labute approximate surface area is 198 Å². The Balaban J connectivity index is 1.65. The van der Waals surface area contributed by atoms with Gasteiger partial charge in [-0.05, 0) is 44.5 Å². The molecule has 8 nitrogen and oxygen atoms in total. The molecule has 1 amide bonds. The Kier molecular flexibility index (Phi) is 6.25. The van der Waals surface area contributed by atoms with Gasteiger partial charge < -0.3 is 5.32 Å². The Morgan fingerprint density at radius 2 is 1.74 bits per heavy atom. The van der Waals surface area contributed by atoms with E-state index in [1.54, 1.807) is 31.2 Å². The number of hydrogen-bond acceptors (Lipinski definition) is 5. The highest BCUT2D eigenvalue weighted by Gasteiger charge is 2.32. The Bertz CT molecular complexity index is 1390. The van der Waals surface area contributed by atoms with Crippen molar-refractivity contribution in [1.82, 2.24) is 30.3 Å². The third-order valence-corrected chi connectivity index (χ3v) is 5.42. The quantitative estimate of drug-likeness (QED) is 0.319. The molecule has 4 aromatic rings. The molecule has 11 heteroatoms. The molecule has 1 atom stereocenters. The summed E-state index contributed by atoms with van der Waals surface area (Å²) in [6.07, 6.45) is -4.53. The number of Topliss-reactive ketones (excluding diaryl/α,β-unsaturated/α-hetero) is 1. The molecule has 0 aliphatic carbocycles. The van der Waals surface area contributed by atoms with Crippen molar-refractivity contribution in [2.75, 3.05) is 0 Å². The van der Waals surface area contributed by atoms with Crippen LogP contribution < -0.4 is 5.32 Å². The molecule has 0 bridgehead atoms. The summed E-state index contributed by atoms with van der Waals surface area (Å²) in [5, 5.41) is 13.7. The van der Waals surface area contributed by atoms with Crippen LogP contribution in [0.4, 0.5) is 13.2 Å². The molecule has 4 rings (SSSR count). The van der Waals surface area contributed by atoms with Crippen LogP contribution in [-0.2, 0) is 11.0 Å². The predicted octanol–water partition coefficient (Wildman–Crippen LogP) is 4.02. The lowest BCUT2D eigenvalue weighted by Gasteiger charge is -2.16. The van der Waals surface area contributed by atoms with E-state index in [1.165, 1.54) is 30.7 Å². The molecule has 0 aliphatic heterocycles. The lowest BCUT2D eigenvalue weighted by Crippen LogP contribution is -2.36. The largest absolute Gasteiger partial charge is 0.416 e.